The van der Waals surface area contributed by atoms with Gasteiger partial charge >= 0.3 is 6.09 Å². The van der Waals surface area contributed by atoms with Gasteiger partial charge in [-0.25, -0.2) is 18.6 Å². The van der Waals surface area contributed by atoms with Crippen molar-refractivity contribution in [3.05, 3.63) is 72.3 Å². The summed E-state index contributed by atoms with van der Waals surface area (Å²) in [7, 11) is -3.91. The monoisotopic (exact) mass is 651 g/mol. The number of ether oxygens (including phenoxy) is 1. The van der Waals surface area contributed by atoms with E-state index in [1.807, 2.05) is 53.3 Å². The first-order valence-corrected chi connectivity index (χ1v) is 16.7. The van der Waals surface area contributed by atoms with E-state index in [0.717, 1.165) is 28.5 Å². The molecule has 0 radical (unpaired) electrons. The maximum absolute atomic E-state index is 13.7. The maximum atomic E-state index is 13.7. The highest BCUT2D eigenvalue weighted by atomic mass is 32.2. The highest BCUT2D eigenvalue weighted by molar-refractivity contribution is 7.89. The lowest BCUT2D eigenvalue weighted by Crippen LogP contribution is -2.54. The summed E-state index contributed by atoms with van der Waals surface area (Å²) >= 11 is 0. The van der Waals surface area contributed by atoms with Gasteiger partial charge in [0.1, 0.15) is 23.0 Å². The van der Waals surface area contributed by atoms with Crippen LogP contribution in [-0.4, -0.2) is 61.4 Å². The van der Waals surface area contributed by atoms with Gasteiger partial charge in [-0.3, -0.25) is 24.5 Å². The van der Waals surface area contributed by atoms with E-state index < -0.39 is 68.8 Å². The van der Waals surface area contributed by atoms with Crippen LogP contribution in [0.1, 0.15) is 51.2 Å². The highest BCUT2D eigenvalue weighted by Crippen LogP contribution is 2.46. The second-order valence-electron chi connectivity index (χ2n) is 12.8. The topological polar surface area (TPSA) is 181 Å². The van der Waals surface area contributed by atoms with Gasteiger partial charge in [-0.15, -0.1) is 6.58 Å². The highest BCUT2D eigenvalue weighted by Gasteiger charge is 2.61. The van der Waals surface area contributed by atoms with Gasteiger partial charge in [0, 0.05) is 17.0 Å². The number of nitrogens with zero attached hydrogens (tertiary/aromatic N) is 1. The molecule has 2 aromatic rings. The molecule has 0 spiro atoms. The van der Waals surface area contributed by atoms with Crippen molar-refractivity contribution in [3.8, 4) is 11.1 Å². The van der Waals surface area contributed by atoms with Gasteiger partial charge in [0.25, 0.3) is 5.91 Å². The first kappa shape index (κ1) is 32.7. The summed E-state index contributed by atoms with van der Waals surface area (Å²) in [5.41, 5.74) is 6.58. The summed E-state index contributed by atoms with van der Waals surface area (Å²) < 4.78 is 30.7. The number of sulfonamides is 1. The number of oxime groups is 1. The van der Waals surface area contributed by atoms with Crippen LogP contribution in [-0.2, 0) is 34.0 Å². The lowest BCUT2D eigenvalue weighted by molar-refractivity contribution is -0.136. The van der Waals surface area contributed by atoms with Crippen LogP contribution in [0.5, 0.6) is 0 Å². The SMILES string of the molecule is C=C[C@@H]1C[C@]1(NC(=O)[C@@H]1C[C@@H](ON=C2c3ccccc3-c3ccccc32)C[C@H]1C(=O)NNC(=O)OC(C)(C)C)C(=O)NS(C)(=O)=O. The van der Waals surface area contributed by atoms with Crippen molar-refractivity contribution in [2.75, 3.05) is 6.26 Å². The van der Waals surface area contributed by atoms with Gasteiger partial charge in [0.15, 0.2) is 0 Å². The lowest BCUT2D eigenvalue weighted by Gasteiger charge is -2.24. The third kappa shape index (κ3) is 6.91. The molecular formula is C32H37N5O8S. The molecule has 3 aliphatic carbocycles. The third-order valence-corrected chi connectivity index (χ3v) is 8.71. The molecule has 5 atom stereocenters. The summed E-state index contributed by atoms with van der Waals surface area (Å²) in [6, 6.07) is 15.5. The normalized spacial score (nSPS) is 24.5. The zero-order valence-corrected chi connectivity index (χ0v) is 26.8. The van der Waals surface area contributed by atoms with Gasteiger partial charge in [0.2, 0.25) is 21.8 Å². The molecule has 3 aliphatic rings. The Morgan fingerprint density at radius 3 is 1.96 bits per heavy atom. The molecule has 2 fully saturated rings. The predicted octanol–water partition coefficient (Wildman–Crippen LogP) is 2.52. The average molecular weight is 652 g/mol. The number of hydrogen-bond donors (Lipinski definition) is 4. The number of nitrogens with one attached hydrogen (secondary N) is 4. The molecule has 46 heavy (non-hydrogen) atoms. The minimum atomic E-state index is -3.91. The molecule has 2 saturated carbocycles. The van der Waals surface area contributed by atoms with Crippen molar-refractivity contribution in [2.24, 2.45) is 22.9 Å². The molecule has 0 heterocycles. The average Bonchev–Trinajstić information content (AvgIpc) is 3.37. The number of benzene rings is 2. The van der Waals surface area contributed by atoms with Crippen LogP contribution < -0.4 is 20.9 Å². The lowest BCUT2D eigenvalue weighted by atomic mass is 9.94. The van der Waals surface area contributed by atoms with E-state index >= 15 is 0 Å². The van der Waals surface area contributed by atoms with Crippen LogP contribution in [0.2, 0.25) is 0 Å². The zero-order valence-electron chi connectivity index (χ0n) is 26.0. The fourth-order valence-corrected chi connectivity index (χ4v) is 6.51. The molecule has 244 valence electrons. The van der Waals surface area contributed by atoms with E-state index in [4.69, 9.17) is 9.57 Å². The smallest absolute Gasteiger partial charge is 0.426 e. The van der Waals surface area contributed by atoms with E-state index in [0.29, 0.717) is 5.71 Å². The minimum absolute atomic E-state index is 0.0545. The van der Waals surface area contributed by atoms with Crippen LogP contribution in [0.15, 0.2) is 66.3 Å². The Kier molecular flexibility index (Phi) is 8.69. The van der Waals surface area contributed by atoms with Crippen LogP contribution in [0.4, 0.5) is 4.79 Å². The molecule has 2 aromatic carbocycles. The van der Waals surface area contributed by atoms with Gasteiger partial charge in [-0.2, -0.15) is 0 Å². The molecule has 4 amide bonds. The number of carbonyl (C=O) groups is 4. The Balaban J connectivity index is 1.37. The summed E-state index contributed by atoms with van der Waals surface area (Å²) in [6.45, 7) is 8.69. The summed E-state index contributed by atoms with van der Waals surface area (Å²) in [4.78, 5) is 58.2. The second-order valence-corrected chi connectivity index (χ2v) is 14.5. The molecule has 0 bridgehead atoms. The van der Waals surface area contributed by atoms with E-state index in [-0.39, 0.29) is 19.3 Å². The molecule has 14 heteroatoms. The number of carbonyl (C=O) groups excluding carboxylic acids is 4. The Morgan fingerprint density at radius 1 is 0.913 bits per heavy atom. The van der Waals surface area contributed by atoms with Crippen LogP contribution in [0, 0.1) is 17.8 Å². The first-order valence-electron chi connectivity index (χ1n) is 14.8. The van der Waals surface area contributed by atoms with E-state index in [1.54, 1.807) is 20.8 Å². The van der Waals surface area contributed by atoms with E-state index in [2.05, 4.69) is 27.9 Å². The van der Waals surface area contributed by atoms with E-state index in [1.165, 1.54) is 6.08 Å². The molecule has 0 aliphatic heterocycles. The fourth-order valence-electron chi connectivity index (χ4n) is 5.99. The Labute approximate surface area is 267 Å². The van der Waals surface area contributed by atoms with Gasteiger partial charge in [-0.1, -0.05) is 59.8 Å². The molecule has 0 saturated heterocycles. The first-order chi connectivity index (χ1) is 21.6. The standard InChI is InChI=1S/C32H37N5O8S/c1-6-18-17-32(18,29(40)37-46(5,42)43)33-27(38)24-15-19(16-25(24)28(39)34-35-30(41)44-31(2,3)4)45-36-26-22-13-9-7-11-20(22)21-12-8-10-14-23(21)26/h6-14,18-19,24-25H,1,15-17H2,2-5H3,(H,33,38)(H,34,39)(H,35,41)(H,37,40)/t18-,19-,24-,25-,32-/m1/s1. The maximum Gasteiger partial charge on any atom is 0.426 e. The Hall–Kier alpha value is -4.72. The summed E-state index contributed by atoms with van der Waals surface area (Å²) in [5, 5.41) is 7.18. The van der Waals surface area contributed by atoms with Crippen molar-refractivity contribution in [1.29, 1.82) is 0 Å². The number of hydrogen-bond acceptors (Lipinski definition) is 9. The Morgan fingerprint density at radius 2 is 1.46 bits per heavy atom. The number of rotatable bonds is 8. The van der Waals surface area contributed by atoms with Crippen molar-refractivity contribution in [2.45, 2.75) is 57.3 Å². The number of fused-ring (bicyclic) bond motifs is 3. The number of hydrazine groups is 1. The van der Waals surface area contributed by atoms with Crippen LogP contribution in [0.3, 0.4) is 0 Å². The van der Waals surface area contributed by atoms with Crippen molar-refractivity contribution in [3.63, 3.8) is 0 Å². The Bertz CT molecular complexity index is 1690. The molecule has 5 rings (SSSR count). The minimum Gasteiger partial charge on any atom is -0.443 e. The van der Waals surface area contributed by atoms with Crippen LogP contribution in [0.25, 0.3) is 11.1 Å². The van der Waals surface area contributed by atoms with Gasteiger partial charge in [-0.05, 0) is 51.2 Å². The van der Waals surface area contributed by atoms with Gasteiger partial charge in [0.05, 0.1) is 18.1 Å². The van der Waals surface area contributed by atoms with Gasteiger partial charge < -0.3 is 14.9 Å². The van der Waals surface area contributed by atoms with Crippen molar-refractivity contribution >= 4 is 39.5 Å². The molecule has 4 N–H and O–H groups in total. The molecular weight excluding hydrogens is 614 g/mol. The zero-order chi connectivity index (χ0) is 33.4. The molecule has 0 aromatic heterocycles. The number of amides is 4. The quantitative estimate of drug-likeness (QED) is 0.212. The molecule has 13 nitrogen and oxygen atoms in total. The summed E-state index contributed by atoms with van der Waals surface area (Å²) in [5.74, 6) is -4.74. The molecule has 0 unspecified atom stereocenters. The van der Waals surface area contributed by atoms with E-state index in [9.17, 15) is 27.6 Å². The van der Waals surface area contributed by atoms with Crippen molar-refractivity contribution in [1.82, 2.24) is 20.9 Å². The largest absolute Gasteiger partial charge is 0.443 e. The second kappa shape index (κ2) is 12.2. The summed E-state index contributed by atoms with van der Waals surface area (Å²) in [6.07, 6.45) is 0.985. The third-order valence-electron chi connectivity index (χ3n) is 8.16. The predicted molar refractivity (Wildman–Crippen MR) is 168 cm³/mol. The van der Waals surface area contributed by atoms with Crippen molar-refractivity contribution < 1.29 is 37.2 Å². The van der Waals surface area contributed by atoms with Crippen LogP contribution >= 0.6 is 0 Å². The fraction of sp³-hybridized carbons (Fsp3) is 0.406.